The van der Waals surface area contributed by atoms with Gasteiger partial charge in [-0.15, -0.1) is 12.4 Å². The molecule has 1 unspecified atom stereocenters. The number of nitrogens with two attached hydrogens (primary N) is 1. The first-order valence-corrected chi connectivity index (χ1v) is 8.03. The Balaban J connectivity index is 0.00000288. The number of nitrogens with zero attached hydrogens (tertiary/aromatic N) is 2. The Morgan fingerprint density at radius 2 is 1.83 bits per heavy atom. The first-order chi connectivity index (χ1) is 11.0. The number of amides is 3. The zero-order valence-corrected chi connectivity index (χ0v) is 15.1. The maximum atomic E-state index is 12.3. The van der Waals surface area contributed by atoms with Crippen molar-refractivity contribution in [3.63, 3.8) is 0 Å². The lowest BCUT2D eigenvalue weighted by Gasteiger charge is -2.33. The van der Waals surface area contributed by atoms with Gasteiger partial charge in [-0.2, -0.15) is 0 Å². The van der Waals surface area contributed by atoms with Crippen LogP contribution in [0.2, 0.25) is 0 Å². The molecule has 0 aliphatic carbocycles. The number of piperidine rings is 1. The molecule has 0 radical (unpaired) electrons. The number of urea groups is 1. The smallest absolute Gasteiger partial charge is 0.319 e. The lowest BCUT2D eigenvalue weighted by atomic mass is 9.96. The van der Waals surface area contributed by atoms with Gasteiger partial charge in [0, 0.05) is 45.7 Å². The molecule has 1 heterocycles. The lowest BCUT2D eigenvalue weighted by Crippen LogP contribution is -2.47. The number of carbonyl (C=O) groups excluding carboxylic acids is 2. The second kappa shape index (κ2) is 9.49. The molecular formula is C17H27ClN4O2. The highest BCUT2D eigenvalue weighted by atomic mass is 35.5. The standard InChI is InChI=1S/C17H26N4O2.ClH/c1-20(2)17(23)21-10-8-14(9-11-21)16(22)19-12-15(18)13-6-4-3-5-7-13;/h3-7,14-15H,8-12,18H2,1-2H3,(H,19,22);1H. The van der Waals surface area contributed by atoms with E-state index in [0.717, 1.165) is 5.56 Å². The number of halogens is 1. The zero-order valence-electron chi connectivity index (χ0n) is 14.3. The normalized spacial score (nSPS) is 16.0. The second-order valence-corrected chi connectivity index (χ2v) is 6.20. The molecule has 1 fully saturated rings. The Labute approximate surface area is 149 Å². The molecule has 0 aromatic heterocycles. The van der Waals surface area contributed by atoms with Crippen LogP contribution < -0.4 is 11.1 Å². The zero-order chi connectivity index (χ0) is 16.8. The summed E-state index contributed by atoms with van der Waals surface area (Å²) in [6.07, 6.45) is 1.40. The lowest BCUT2D eigenvalue weighted by molar-refractivity contribution is -0.126. The molecule has 3 amide bonds. The minimum atomic E-state index is -0.199. The van der Waals surface area contributed by atoms with E-state index in [2.05, 4.69) is 5.32 Å². The van der Waals surface area contributed by atoms with Gasteiger partial charge >= 0.3 is 6.03 Å². The maximum Gasteiger partial charge on any atom is 0.319 e. The van der Waals surface area contributed by atoms with E-state index in [1.807, 2.05) is 30.3 Å². The highest BCUT2D eigenvalue weighted by molar-refractivity contribution is 5.85. The second-order valence-electron chi connectivity index (χ2n) is 6.20. The van der Waals surface area contributed by atoms with Crippen LogP contribution in [0.1, 0.15) is 24.4 Å². The summed E-state index contributed by atoms with van der Waals surface area (Å²) < 4.78 is 0. The highest BCUT2D eigenvalue weighted by Crippen LogP contribution is 2.18. The maximum absolute atomic E-state index is 12.3. The predicted octanol–water partition coefficient (Wildman–Crippen LogP) is 1.62. The van der Waals surface area contributed by atoms with E-state index >= 15 is 0 Å². The quantitative estimate of drug-likeness (QED) is 0.862. The molecule has 2 rings (SSSR count). The summed E-state index contributed by atoms with van der Waals surface area (Å²) in [6, 6.07) is 9.55. The van der Waals surface area contributed by atoms with Crippen molar-refractivity contribution < 1.29 is 9.59 Å². The van der Waals surface area contributed by atoms with E-state index in [1.165, 1.54) is 0 Å². The summed E-state index contributed by atoms with van der Waals surface area (Å²) in [4.78, 5) is 27.5. The SMILES string of the molecule is CN(C)C(=O)N1CCC(C(=O)NCC(N)c2ccccc2)CC1.Cl. The van der Waals surface area contributed by atoms with Gasteiger partial charge in [0.15, 0.2) is 0 Å². The van der Waals surface area contributed by atoms with Gasteiger partial charge in [-0.25, -0.2) is 4.79 Å². The molecule has 7 heteroatoms. The summed E-state index contributed by atoms with van der Waals surface area (Å²) in [6.45, 7) is 1.68. The van der Waals surface area contributed by atoms with Gasteiger partial charge in [0.25, 0.3) is 0 Å². The Hall–Kier alpha value is -1.79. The Morgan fingerprint density at radius 3 is 2.38 bits per heavy atom. The third-order valence-corrected chi connectivity index (χ3v) is 4.24. The van der Waals surface area contributed by atoms with Crippen molar-refractivity contribution in [3.8, 4) is 0 Å². The number of rotatable bonds is 4. The Bertz CT molecular complexity index is 531. The first kappa shape index (κ1) is 20.3. The van der Waals surface area contributed by atoms with E-state index < -0.39 is 0 Å². The van der Waals surface area contributed by atoms with Gasteiger partial charge < -0.3 is 20.9 Å². The summed E-state index contributed by atoms with van der Waals surface area (Å²) in [5.74, 6) is -0.00230. The molecule has 24 heavy (non-hydrogen) atoms. The molecule has 1 aliphatic rings. The minimum absolute atomic E-state index is 0. The molecule has 0 spiro atoms. The van der Waals surface area contributed by atoms with Gasteiger partial charge in [-0.1, -0.05) is 30.3 Å². The first-order valence-electron chi connectivity index (χ1n) is 8.03. The predicted molar refractivity (Wildman–Crippen MR) is 97.0 cm³/mol. The van der Waals surface area contributed by atoms with Crippen LogP contribution in [0.25, 0.3) is 0 Å². The van der Waals surface area contributed by atoms with Crippen LogP contribution >= 0.6 is 12.4 Å². The molecule has 0 bridgehead atoms. The van der Waals surface area contributed by atoms with Crippen molar-refractivity contribution in [2.45, 2.75) is 18.9 Å². The van der Waals surface area contributed by atoms with Crippen LogP contribution in [0.3, 0.4) is 0 Å². The molecule has 0 saturated carbocycles. The van der Waals surface area contributed by atoms with E-state index in [1.54, 1.807) is 23.9 Å². The van der Waals surface area contributed by atoms with E-state index in [-0.39, 0.29) is 36.3 Å². The monoisotopic (exact) mass is 354 g/mol. The average molecular weight is 355 g/mol. The molecule has 1 aromatic carbocycles. The topological polar surface area (TPSA) is 78.7 Å². The minimum Gasteiger partial charge on any atom is -0.354 e. The van der Waals surface area contributed by atoms with Crippen LogP contribution in [0.15, 0.2) is 30.3 Å². The van der Waals surface area contributed by atoms with Crippen LogP contribution in [0, 0.1) is 5.92 Å². The van der Waals surface area contributed by atoms with Crippen LogP contribution in [0.5, 0.6) is 0 Å². The van der Waals surface area contributed by atoms with E-state index in [0.29, 0.717) is 32.5 Å². The number of benzene rings is 1. The van der Waals surface area contributed by atoms with E-state index in [4.69, 9.17) is 5.73 Å². The summed E-state index contributed by atoms with van der Waals surface area (Å²) in [5, 5.41) is 2.94. The Kier molecular flexibility index (Phi) is 8.01. The van der Waals surface area contributed by atoms with Crippen molar-refractivity contribution in [1.29, 1.82) is 0 Å². The van der Waals surface area contributed by atoms with Gasteiger partial charge in [0.05, 0.1) is 0 Å². The number of nitrogens with one attached hydrogen (secondary N) is 1. The molecule has 6 nitrogen and oxygen atoms in total. The number of carbonyl (C=O) groups is 2. The Morgan fingerprint density at radius 1 is 1.25 bits per heavy atom. The summed E-state index contributed by atoms with van der Waals surface area (Å²) >= 11 is 0. The van der Waals surface area contributed by atoms with Crippen molar-refractivity contribution in [2.75, 3.05) is 33.7 Å². The summed E-state index contributed by atoms with van der Waals surface area (Å²) in [7, 11) is 3.48. The van der Waals surface area contributed by atoms with Gasteiger partial charge in [-0.3, -0.25) is 4.79 Å². The highest BCUT2D eigenvalue weighted by Gasteiger charge is 2.28. The van der Waals surface area contributed by atoms with Crippen molar-refractivity contribution >= 4 is 24.3 Å². The molecular weight excluding hydrogens is 328 g/mol. The molecule has 1 atom stereocenters. The average Bonchev–Trinajstić information content (AvgIpc) is 2.59. The van der Waals surface area contributed by atoms with Crippen molar-refractivity contribution in [2.24, 2.45) is 11.7 Å². The fraction of sp³-hybridized carbons (Fsp3) is 0.529. The fourth-order valence-corrected chi connectivity index (χ4v) is 2.79. The molecule has 1 aliphatic heterocycles. The molecule has 134 valence electrons. The van der Waals surface area contributed by atoms with Gasteiger partial charge in [0.2, 0.25) is 5.91 Å². The van der Waals surface area contributed by atoms with Crippen molar-refractivity contribution in [1.82, 2.24) is 15.1 Å². The van der Waals surface area contributed by atoms with Crippen LogP contribution in [-0.4, -0.2) is 55.5 Å². The fourth-order valence-electron chi connectivity index (χ4n) is 2.79. The third-order valence-electron chi connectivity index (χ3n) is 4.24. The van der Waals surface area contributed by atoms with Gasteiger partial charge in [0.1, 0.15) is 0 Å². The number of hydrogen-bond acceptors (Lipinski definition) is 3. The summed E-state index contributed by atoms with van der Waals surface area (Å²) in [5.41, 5.74) is 7.11. The molecule has 3 N–H and O–H groups in total. The van der Waals surface area contributed by atoms with Crippen molar-refractivity contribution in [3.05, 3.63) is 35.9 Å². The number of hydrogen-bond donors (Lipinski definition) is 2. The largest absolute Gasteiger partial charge is 0.354 e. The molecule has 1 aromatic rings. The third kappa shape index (κ3) is 5.39. The molecule has 1 saturated heterocycles. The van der Waals surface area contributed by atoms with Crippen LogP contribution in [-0.2, 0) is 4.79 Å². The number of likely N-dealkylation sites (tertiary alicyclic amines) is 1. The van der Waals surface area contributed by atoms with E-state index in [9.17, 15) is 9.59 Å². The van der Waals surface area contributed by atoms with Crippen LogP contribution in [0.4, 0.5) is 4.79 Å². The van der Waals surface area contributed by atoms with Gasteiger partial charge in [-0.05, 0) is 18.4 Å².